The van der Waals surface area contributed by atoms with Gasteiger partial charge in [0.05, 0.1) is 28.7 Å². The number of aromatic nitrogens is 4. The molecule has 0 saturated carbocycles. The van der Waals surface area contributed by atoms with Crippen molar-refractivity contribution in [1.82, 2.24) is 19.6 Å². The fraction of sp³-hybridized carbons (Fsp3) is 0.150. The van der Waals surface area contributed by atoms with Crippen molar-refractivity contribution in [3.63, 3.8) is 0 Å². The van der Waals surface area contributed by atoms with Gasteiger partial charge in [-0.2, -0.15) is 10.2 Å². The minimum Gasteiger partial charge on any atom is -0.478 e. The van der Waals surface area contributed by atoms with Crippen molar-refractivity contribution in [2.45, 2.75) is 13.3 Å². The Balaban J connectivity index is 1.79. The van der Waals surface area contributed by atoms with Crippen LogP contribution in [0, 0.1) is 0 Å². The summed E-state index contributed by atoms with van der Waals surface area (Å²) < 4.78 is 3.73. The summed E-state index contributed by atoms with van der Waals surface area (Å²) in [5, 5.41) is 19.2. The molecule has 0 radical (unpaired) electrons. The number of nitrogens with zero attached hydrogens (tertiary/aromatic N) is 4. The van der Waals surface area contributed by atoms with E-state index in [2.05, 4.69) is 35.3 Å². The first-order chi connectivity index (χ1) is 12.6. The van der Waals surface area contributed by atoms with Crippen LogP contribution in [0.4, 0.5) is 0 Å². The van der Waals surface area contributed by atoms with E-state index in [-0.39, 0.29) is 5.56 Å². The smallest absolute Gasteiger partial charge is 0.335 e. The Kier molecular flexibility index (Phi) is 3.80. The van der Waals surface area contributed by atoms with Gasteiger partial charge < -0.3 is 5.11 Å². The van der Waals surface area contributed by atoms with Crippen molar-refractivity contribution in [2.24, 2.45) is 7.05 Å². The minimum absolute atomic E-state index is 0.254. The van der Waals surface area contributed by atoms with Crippen LogP contribution in [-0.4, -0.2) is 30.6 Å². The van der Waals surface area contributed by atoms with Crippen molar-refractivity contribution in [1.29, 1.82) is 0 Å². The van der Waals surface area contributed by atoms with Crippen molar-refractivity contribution in [3.05, 3.63) is 66.0 Å². The number of aryl methyl sites for hydroxylation is 2. The summed E-state index contributed by atoms with van der Waals surface area (Å²) in [4.78, 5) is 11.0. The van der Waals surface area contributed by atoms with Gasteiger partial charge in [0.1, 0.15) is 0 Å². The van der Waals surface area contributed by atoms with E-state index < -0.39 is 5.97 Å². The van der Waals surface area contributed by atoms with Crippen molar-refractivity contribution >= 4 is 16.9 Å². The second-order valence-electron chi connectivity index (χ2n) is 6.14. The van der Waals surface area contributed by atoms with Crippen LogP contribution in [0.5, 0.6) is 0 Å². The summed E-state index contributed by atoms with van der Waals surface area (Å²) in [6, 6.07) is 14.9. The lowest BCUT2D eigenvalue weighted by molar-refractivity contribution is 0.0697. The first-order valence-electron chi connectivity index (χ1n) is 8.42. The number of aromatic carboxylic acids is 1. The number of hydrogen-bond donors (Lipinski definition) is 1. The monoisotopic (exact) mass is 346 g/mol. The number of carboxylic acids is 1. The third kappa shape index (κ3) is 2.56. The molecule has 0 amide bonds. The molecule has 0 atom stereocenters. The molecule has 1 N–H and O–H groups in total. The van der Waals surface area contributed by atoms with E-state index in [9.17, 15) is 4.79 Å². The van der Waals surface area contributed by atoms with E-state index in [4.69, 9.17) is 5.11 Å². The van der Waals surface area contributed by atoms with Gasteiger partial charge in [-0.05, 0) is 42.8 Å². The van der Waals surface area contributed by atoms with Crippen LogP contribution in [-0.2, 0) is 13.5 Å². The average Bonchev–Trinajstić information content (AvgIpc) is 3.24. The minimum atomic E-state index is -0.940. The Morgan fingerprint density at radius 3 is 2.58 bits per heavy atom. The first kappa shape index (κ1) is 16.1. The Morgan fingerprint density at radius 2 is 1.88 bits per heavy atom. The van der Waals surface area contributed by atoms with Crippen LogP contribution < -0.4 is 0 Å². The maximum absolute atomic E-state index is 11.0. The summed E-state index contributed by atoms with van der Waals surface area (Å²) >= 11 is 0. The molecule has 6 nitrogen and oxygen atoms in total. The first-order valence-corrected chi connectivity index (χ1v) is 8.42. The maximum Gasteiger partial charge on any atom is 0.335 e. The van der Waals surface area contributed by atoms with Gasteiger partial charge in [-0.3, -0.25) is 4.68 Å². The summed E-state index contributed by atoms with van der Waals surface area (Å²) in [7, 11) is 1.97. The normalized spacial score (nSPS) is 11.2. The third-order valence-electron chi connectivity index (χ3n) is 4.59. The molecule has 2 aromatic carbocycles. The number of carbonyl (C=O) groups is 1. The second-order valence-corrected chi connectivity index (χ2v) is 6.14. The van der Waals surface area contributed by atoms with E-state index in [1.54, 1.807) is 35.1 Å². The van der Waals surface area contributed by atoms with Crippen molar-refractivity contribution < 1.29 is 9.90 Å². The second kappa shape index (κ2) is 6.15. The molecule has 4 aromatic rings. The highest BCUT2D eigenvalue weighted by Gasteiger charge is 2.12. The Labute approximate surface area is 150 Å². The molecule has 0 saturated heterocycles. The van der Waals surface area contributed by atoms with Gasteiger partial charge >= 0.3 is 5.97 Å². The zero-order valence-corrected chi connectivity index (χ0v) is 14.5. The lowest BCUT2D eigenvalue weighted by Crippen LogP contribution is -2.01. The van der Waals surface area contributed by atoms with Gasteiger partial charge in [0, 0.05) is 23.7 Å². The Hall–Kier alpha value is -3.41. The largest absolute Gasteiger partial charge is 0.478 e. The molecule has 6 heteroatoms. The summed E-state index contributed by atoms with van der Waals surface area (Å²) in [5.41, 5.74) is 5.17. The van der Waals surface area contributed by atoms with E-state index in [0.717, 1.165) is 34.3 Å². The molecule has 0 bridgehead atoms. The van der Waals surface area contributed by atoms with Crippen molar-refractivity contribution in [2.75, 3.05) is 0 Å². The molecule has 4 rings (SSSR count). The van der Waals surface area contributed by atoms with Gasteiger partial charge in [0.25, 0.3) is 0 Å². The Bertz CT molecular complexity index is 1110. The highest BCUT2D eigenvalue weighted by Crippen LogP contribution is 2.27. The molecule has 2 aromatic heterocycles. The van der Waals surface area contributed by atoms with E-state index in [0.29, 0.717) is 0 Å². The topological polar surface area (TPSA) is 72.9 Å². The van der Waals surface area contributed by atoms with Crippen LogP contribution in [0.2, 0.25) is 0 Å². The highest BCUT2D eigenvalue weighted by molar-refractivity contribution is 5.88. The molecule has 0 aliphatic heterocycles. The average molecular weight is 346 g/mol. The molecule has 26 heavy (non-hydrogen) atoms. The predicted octanol–water partition coefficient (Wildman–Crippen LogP) is 3.69. The molecule has 130 valence electrons. The van der Waals surface area contributed by atoms with Crippen LogP contribution >= 0.6 is 0 Å². The van der Waals surface area contributed by atoms with E-state index in [1.807, 2.05) is 17.8 Å². The molecular weight excluding hydrogens is 328 g/mol. The standard InChI is InChI=1S/C20H18N4O2/c1-3-18-16-9-6-14(12-17(16)22-23(18)2)19-10-11-21-24(19)15-7-4-13(5-8-15)20(25)26/h4-12H,3H2,1-2H3,(H,25,26). The molecule has 0 unspecified atom stereocenters. The molecule has 0 spiro atoms. The number of fused-ring (bicyclic) bond motifs is 1. The zero-order valence-electron chi connectivity index (χ0n) is 14.5. The lowest BCUT2D eigenvalue weighted by atomic mass is 10.1. The van der Waals surface area contributed by atoms with E-state index in [1.165, 1.54) is 5.69 Å². The number of benzene rings is 2. The van der Waals surface area contributed by atoms with Gasteiger partial charge in [0.15, 0.2) is 0 Å². The summed E-state index contributed by atoms with van der Waals surface area (Å²) in [6.07, 6.45) is 2.67. The maximum atomic E-state index is 11.0. The molecule has 0 aliphatic carbocycles. The fourth-order valence-corrected chi connectivity index (χ4v) is 3.31. The van der Waals surface area contributed by atoms with Gasteiger partial charge in [0.2, 0.25) is 0 Å². The van der Waals surface area contributed by atoms with Gasteiger partial charge in [-0.1, -0.05) is 19.1 Å². The number of rotatable bonds is 4. The molecule has 0 aliphatic rings. The third-order valence-corrected chi connectivity index (χ3v) is 4.59. The summed E-state index contributed by atoms with van der Waals surface area (Å²) in [5.74, 6) is -0.940. The molecule has 0 fully saturated rings. The predicted molar refractivity (Wildman–Crippen MR) is 99.6 cm³/mol. The number of hydrogen-bond acceptors (Lipinski definition) is 3. The molecule has 2 heterocycles. The zero-order chi connectivity index (χ0) is 18.3. The highest BCUT2D eigenvalue weighted by atomic mass is 16.4. The SMILES string of the molecule is CCc1c2ccc(-c3ccnn3-c3ccc(C(=O)O)cc3)cc2nn1C. The quantitative estimate of drug-likeness (QED) is 0.612. The van der Waals surface area contributed by atoms with Crippen LogP contribution in [0.25, 0.3) is 27.8 Å². The Morgan fingerprint density at radius 1 is 1.12 bits per heavy atom. The van der Waals surface area contributed by atoms with Gasteiger partial charge in [-0.15, -0.1) is 0 Å². The van der Waals surface area contributed by atoms with Crippen LogP contribution in [0.3, 0.4) is 0 Å². The lowest BCUT2D eigenvalue weighted by Gasteiger charge is -2.08. The number of carboxylic acid groups (broad SMARTS) is 1. The summed E-state index contributed by atoms with van der Waals surface area (Å²) in [6.45, 7) is 2.13. The fourth-order valence-electron chi connectivity index (χ4n) is 3.31. The van der Waals surface area contributed by atoms with Crippen LogP contribution in [0.1, 0.15) is 23.0 Å². The van der Waals surface area contributed by atoms with E-state index >= 15 is 0 Å². The molecular formula is C20H18N4O2. The van der Waals surface area contributed by atoms with Gasteiger partial charge in [-0.25, -0.2) is 9.48 Å². The van der Waals surface area contributed by atoms with Crippen LogP contribution in [0.15, 0.2) is 54.7 Å². The van der Waals surface area contributed by atoms with Crippen molar-refractivity contribution in [3.8, 4) is 16.9 Å².